The summed E-state index contributed by atoms with van der Waals surface area (Å²) in [6, 6.07) is 2.01. The Kier molecular flexibility index (Phi) is 10.8. The Morgan fingerprint density at radius 1 is 0.733 bits per heavy atom. The molecule has 0 amide bonds. The maximum Gasteiger partial charge on any atom is 0.238 e. The lowest BCUT2D eigenvalue weighted by atomic mass is 10.3. The highest BCUT2D eigenvalue weighted by Gasteiger charge is 2.02. The Morgan fingerprint density at radius 2 is 1.13 bits per heavy atom. The quantitative estimate of drug-likeness (QED) is 0.322. The summed E-state index contributed by atoms with van der Waals surface area (Å²) in [5.74, 6) is 0. The van der Waals surface area contributed by atoms with Crippen LogP contribution < -0.4 is 0 Å². The molecule has 0 rings (SSSR count). The van der Waals surface area contributed by atoms with E-state index in [1.54, 1.807) is 0 Å². The Balaban J connectivity index is 2.93. The predicted octanol–water partition coefficient (Wildman–Crippen LogP) is 2.63. The van der Waals surface area contributed by atoms with Crippen LogP contribution in [0, 0.1) is 0 Å². The SMILES string of the molecule is FC(F)CCC[SiH2]C[SiH2]CCCC(F)F. The minimum absolute atomic E-state index is 0.0416. The molecule has 0 bridgehead atoms. The van der Waals surface area contributed by atoms with E-state index in [0.717, 1.165) is 12.1 Å². The summed E-state index contributed by atoms with van der Waals surface area (Å²) in [7, 11) is -0.276. The number of hydrogen-bond donors (Lipinski definition) is 0. The first-order chi connectivity index (χ1) is 7.13. The zero-order valence-electron chi connectivity index (χ0n) is 9.03. The Hall–Kier alpha value is 0.154. The van der Waals surface area contributed by atoms with Crippen LogP contribution >= 0.6 is 0 Å². The third kappa shape index (κ3) is 14.2. The van der Waals surface area contributed by atoms with E-state index in [4.69, 9.17) is 0 Å². The minimum Gasteiger partial charge on any atom is -0.211 e. The van der Waals surface area contributed by atoms with E-state index in [-0.39, 0.29) is 31.9 Å². The smallest absolute Gasteiger partial charge is 0.211 e. The first kappa shape index (κ1) is 15.2. The second-order valence-corrected chi connectivity index (χ2v) is 9.49. The molecule has 0 fully saturated rings. The molecule has 6 heteroatoms. The van der Waals surface area contributed by atoms with Crippen LogP contribution in [-0.2, 0) is 0 Å². The fourth-order valence-corrected chi connectivity index (χ4v) is 7.01. The van der Waals surface area contributed by atoms with Gasteiger partial charge < -0.3 is 0 Å². The van der Waals surface area contributed by atoms with E-state index < -0.39 is 12.9 Å². The standard InChI is InChI=1S/C9H20F4Si2/c10-8(11)3-1-5-14-7-15-6-2-4-9(12)13/h8-9H,1-7,14-15H2. The normalized spacial score (nSPS) is 13.2. The van der Waals surface area contributed by atoms with Gasteiger partial charge >= 0.3 is 0 Å². The molecule has 0 aliphatic heterocycles. The first-order valence-electron chi connectivity index (χ1n) is 5.69. The lowest BCUT2D eigenvalue weighted by Gasteiger charge is -2.01. The lowest BCUT2D eigenvalue weighted by molar-refractivity contribution is 0.136. The average molecular weight is 260 g/mol. The molecule has 0 heterocycles. The van der Waals surface area contributed by atoms with E-state index in [9.17, 15) is 17.6 Å². The highest BCUT2D eigenvalue weighted by Crippen LogP contribution is 2.08. The first-order valence-corrected chi connectivity index (χ1v) is 9.69. The maximum atomic E-state index is 11.7. The second kappa shape index (κ2) is 10.7. The van der Waals surface area contributed by atoms with Crippen LogP contribution in [0.15, 0.2) is 0 Å². The summed E-state index contributed by atoms with van der Waals surface area (Å²) >= 11 is 0. The monoisotopic (exact) mass is 260 g/mol. The molecule has 0 aromatic rings. The Morgan fingerprint density at radius 3 is 1.47 bits per heavy atom. The molecule has 0 aromatic carbocycles. The third-order valence-corrected chi connectivity index (χ3v) is 8.34. The number of halogens is 4. The summed E-state index contributed by atoms with van der Waals surface area (Å²) in [5, 5.41) is 0. The highest BCUT2D eigenvalue weighted by atomic mass is 28.3. The van der Waals surface area contributed by atoms with Gasteiger partial charge in [0, 0.05) is 31.9 Å². The van der Waals surface area contributed by atoms with Gasteiger partial charge in [-0.1, -0.05) is 30.6 Å². The number of hydrogen-bond acceptors (Lipinski definition) is 0. The van der Waals surface area contributed by atoms with E-state index in [0.29, 0.717) is 12.8 Å². The van der Waals surface area contributed by atoms with Gasteiger partial charge in [-0.3, -0.25) is 0 Å². The summed E-state index contributed by atoms with van der Waals surface area (Å²) < 4.78 is 47.0. The third-order valence-electron chi connectivity index (χ3n) is 2.34. The molecule has 0 radical (unpaired) electrons. The largest absolute Gasteiger partial charge is 0.238 e. The summed E-state index contributed by atoms with van der Waals surface area (Å²) in [5.41, 5.74) is 1.26. The molecule has 0 saturated carbocycles. The fraction of sp³-hybridized carbons (Fsp3) is 1.00. The van der Waals surface area contributed by atoms with Crippen molar-refractivity contribution in [3.63, 3.8) is 0 Å². The van der Waals surface area contributed by atoms with Crippen LogP contribution in [0.3, 0.4) is 0 Å². The van der Waals surface area contributed by atoms with E-state index in [1.165, 1.54) is 5.67 Å². The molecule has 0 nitrogen and oxygen atoms in total. The van der Waals surface area contributed by atoms with Gasteiger partial charge in [0.15, 0.2) is 0 Å². The fourth-order valence-electron chi connectivity index (χ4n) is 1.48. The Labute approximate surface area is 93.5 Å². The molecule has 0 unspecified atom stereocenters. The lowest BCUT2D eigenvalue weighted by Crippen LogP contribution is -2.00. The van der Waals surface area contributed by atoms with Crippen LogP contribution in [0.2, 0.25) is 17.8 Å². The van der Waals surface area contributed by atoms with Crippen molar-refractivity contribution in [1.82, 2.24) is 0 Å². The number of rotatable bonds is 10. The van der Waals surface area contributed by atoms with Crippen molar-refractivity contribution in [2.75, 3.05) is 0 Å². The van der Waals surface area contributed by atoms with Crippen molar-refractivity contribution in [3.05, 3.63) is 0 Å². The topological polar surface area (TPSA) is 0 Å². The minimum atomic E-state index is -2.15. The van der Waals surface area contributed by atoms with Crippen LogP contribution in [0.1, 0.15) is 25.7 Å². The van der Waals surface area contributed by atoms with Gasteiger partial charge in [-0.2, -0.15) is 0 Å². The molecule has 0 atom stereocenters. The van der Waals surface area contributed by atoms with Gasteiger partial charge in [0.2, 0.25) is 12.9 Å². The molecular weight excluding hydrogens is 240 g/mol. The average Bonchev–Trinajstić information content (AvgIpc) is 2.14. The summed E-state index contributed by atoms with van der Waals surface area (Å²) in [6.07, 6.45) is -2.89. The van der Waals surface area contributed by atoms with Crippen molar-refractivity contribution < 1.29 is 17.6 Å². The van der Waals surface area contributed by atoms with Crippen molar-refractivity contribution in [1.29, 1.82) is 0 Å². The molecule has 0 N–H and O–H groups in total. The van der Waals surface area contributed by atoms with Crippen LogP contribution in [0.25, 0.3) is 0 Å². The van der Waals surface area contributed by atoms with Gasteiger partial charge in [-0.15, -0.1) is 0 Å². The van der Waals surface area contributed by atoms with Gasteiger partial charge in [0.05, 0.1) is 0 Å². The van der Waals surface area contributed by atoms with Crippen molar-refractivity contribution in [3.8, 4) is 0 Å². The number of alkyl halides is 4. The predicted molar refractivity (Wildman–Crippen MR) is 62.0 cm³/mol. The van der Waals surface area contributed by atoms with Gasteiger partial charge in [-0.05, 0) is 0 Å². The van der Waals surface area contributed by atoms with Crippen molar-refractivity contribution in [2.24, 2.45) is 0 Å². The summed E-state index contributed by atoms with van der Waals surface area (Å²) in [6.45, 7) is 0. The van der Waals surface area contributed by atoms with Crippen LogP contribution in [-0.4, -0.2) is 31.9 Å². The molecule has 0 saturated heterocycles. The van der Waals surface area contributed by atoms with Gasteiger partial charge in [0.25, 0.3) is 0 Å². The molecule has 0 spiro atoms. The van der Waals surface area contributed by atoms with Gasteiger partial charge in [0.1, 0.15) is 0 Å². The van der Waals surface area contributed by atoms with Crippen LogP contribution in [0.4, 0.5) is 17.6 Å². The maximum absolute atomic E-state index is 11.7. The summed E-state index contributed by atoms with van der Waals surface area (Å²) in [4.78, 5) is 0. The van der Waals surface area contributed by atoms with Crippen LogP contribution in [0.5, 0.6) is 0 Å². The zero-order chi connectivity index (χ0) is 11.5. The molecule has 92 valence electrons. The zero-order valence-corrected chi connectivity index (χ0v) is 11.9. The van der Waals surface area contributed by atoms with Crippen molar-refractivity contribution in [2.45, 2.75) is 56.3 Å². The molecule has 15 heavy (non-hydrogen) atoms. The second-order valence-electron chi connectivity index (χ2n) is 3.83. The van der Waals surface area contributed by atoms with Gasteiger partial charge in [-0.25, -0.2) is 17.6 Å². The van der Waals surface area contributed by atoms with Crippen molar-refractivity contribution >= 4 is 19.0 Å². The molecule has 0 aromatic heterocycles. The molecular formula is C9H20F4Si2. The Bertz CT molecular complexity index is 119. The molecule has 0 aliphatic rings. The highest BCUT2D eigenvalue weighted by molar-refractivity contribution is 6.55. The van der Waals surface area contributed by atoms with E-state index >= 15 is 0 Å². The van der Waals surface area contributed by atoms with E-state index in [1.807, 2.05) is 0 Å². The van der Waals surface area contributed by atoms with E-state index in [2.05, 4.69) is 0 Å². The molecule has 0 aliphatic carbocycles.